The van der Waals surface area contributed by atoms with Crippen LogP contribution in [0.1, 0.15) is 55.3 Å². The highest BCUT2D eigenvalue weighted by atomic mass is 32.2. The second-order valence-electron chi connectivity index (χ2n) is 7.09. The first-order valence-corrected chi connectivity index (χ1v) is 11.1. The number of allylic oxidation sites excluding steroid dienone is 1. The van der Waals surface area contributed by atoms with Crippen LogP contribution in [-0.4, -0.2) is 45.4 Å². The summed E-state index contributed by atoms with van der Waals surface area (Å²) in [5.74, 6) is 0.0118. The Hall–Kier alpha value is -1.86. The summed E-state index contributed by atoms with van der Waals surface area (Å²) in [5.41, 5.74) is 1.74. The van der Waals surface area contributed by atoms with Crippen LogP contribution in [0.15, 0.2) is 34.7 Å². The fourth-order valence-corrected chi connectivity index (χ4v) is 5.36. The van der Waals surface area contributed by atoms with Crippen molar-refractivity contribution in [2.45, 2.75) is 49.8 Å². The van der Waals surface area contributed by atoms with E-state index >= 15 is 0 Å². The normalized spacial score (nSPS) is 18.2. The molecule has 1 saturated heterocycles. The van der Waals surface area contributed by atoms with Gasteiger partial charge in [0.15, 0.2) is 0 Å². The van der Waals surface area contributed by atoms with Gasteiger partial charge in [-0.1, -0.05) is 11.6 Å². The Morgan fingerprint density at radius 1 is 1.19 bits per heavy atom. The van der Waals surface area contributed by atoms with Gasteiger partial charge < -0.3 is 10.1 Å². The Balaban J connectivity index is 1.72. The summed E-state index contributed by atoms with van der Waals surface area (Å²) in [4.78, 5) is 12.6. The van der Waals surface area contributed by atoms with Gasteiger partial charge in [-0.2, -0.15) is 4.31 Å². The number of rotatable bonds is 7. The second-order valence-corrected chi connectivity index (χ2v) is 9.00. The molecule has 6 nitrogen and oxygen atoms in total. The van der Waals surface area contributed by atoms with Gasteiger partial charge >= 0.3 is 0 Å². The van der Waals surface area contributed by atoms with E-state index < -0.39 is 10.0 Å². The van der Waals surface area contributed by atoms with Gasteiger partial charge in [0.2, 0.25) is 10.0 Å². The van der Waals surface area contributed by atoms with Crippen LogP contribution >= 0.6 is 0 Å². The van der Waals surface area contributed by atoms with Crippen molar-refractivity contribution >= 4 is 15.9 Å². The molecule has 1 N–H and O–H groups in total. The van der Waals surface area contributed by atoms with Crippen LogP contribution in [0.4, 0.5) is 0 Å². The SMILES string of the molecule is COc1ccc(C(=O)NCCC2=CCCCC2)cc1S(=O)(=O)N1CCCC1. The van der Waals surface area contributed by atoms with E-state index in [0.717, 1.165) is 32.1 Å². The van der Waals surface area contributed by atoms with E-state index in [4.69, 9.17) is 4.74 Å². The number of hydrogen-bond donors (Lipinski definition) is 1. The zero-order valence-corrected chi connectivity index (χ0v) is 16.7. The molecule has 0 saturated carbocycles. The summed E-state index contributed by atoms with van der Waals surface area (Å²) in [6.45, 7) is 1.58. The topological polar surface area (TPSA) is 75.7 Å². The Kier molecular flexibility index (Phi) is 6.55. The number of sulfonamides is 1. The van der Waals surface area contributed by atoms with Crippen LogP contribution in [0.3, 0.4) is 0 Å². The monoisotopic (exact) mass is 392 g/mol. The number of nitrogens with zero attached hydrogens (tertiary/aromatic N) is 1. The first kappa shape index (κ1) is 19.9. The number of benzene rings is 1. The lowest BCUT2D eigenvalue weighted by Gasteiger charge is -2.18. The minimum atomic E-state index is -3.66. The largest absolute Gasteiger partial charge is 0.495 e. The maximum atomic E-state index is 12.9. The molecule has 3 rings (SSSR count). The highest BCUT2D eigenvalue weighted by Gasteiger charge is 2.30. The summed E-state index contributed by atoms with van der Waals surface area (Å²) in [6, 6.07) is 4.60. The third kappa shape index (κ3) is 4.71. The van der Waals surface area contributed by atoms with Crippen molar-refractivity contribution in [1.29, 1.82) is 0 Å². The molecule has 0 atom stereocenters. The zero-order valence-electron chi connectivity index (χ0n) is 15.9. The van der Waals surface area contributed by atoms with Gasteiger partial charge in [-0.25, -0.2) is 8.42 Å². The van der Waals surface area contributed by atoms with Crippen molar-refractivity contribution in [1.82, 2.24) is 9.62 Å². The summed E-state index contributed by atoms with van der Waals surface area (Å²) < 4.78 is 32.5. The molecular weight excluding hydrogens is 364 g/mol. The van der Waals surface area contributed by atoms with Crippen molar-refractivity contribution in [3.05, 3.63) is 35.4 Å². The Labute approximate surface area is 161 Å². The third-order valence-electron chi connectivity index (χ3n) is 5.23. The van der Waals surface area contributed by atoms with Crippen molar-refractivity contribution in [2.24, 2.45) is 0 Å². The summed E-state index contributed by atoms with van der Waals surface area (Å²) in [6.07, 6.45) is 9.53. The average Bonchev–Trinajstić information content (AvgIpc) is 3.24. The molecule has 0 aromatic heterocycles. The molecule has 1 aromatic carbocycles. The molecule has 0 unspecified atom stereocenters. The number of carbonyl (C=O) groups is 1. The molecule has 7 heteroatoms. The average molecular weight is 393 g/mol. The lowest BCUT2D eigenvalue weighted by Crippen LogP contribution is -2.29. The number of ether oxygens (including phenoxy) is 1. The van der Waals surface area contributed by atoms with E-state index in [0.29, 0.717) is 25.2 Å². The standard InChI is InChI=1S/C20H28N2O4S/c1-26-18-10-9-17(15-19(18)27(24,25)22-13-5-6-14-22)20(23)21-12-11-16-7-3-2-4-8-16/h7,9-10,15H,2-6,8,11-14H2,1H3,(H,21,23). The van der Waals surface area contributed by atoms with Crippen LogP contribution in [0.2, 0.25) is 0 Å². The first-order chi connectivity index (χ1) is 13.0. The molecule has 0 bridgehead atoms. The number of carbonyl (C=O) groups excluding carboxylic acids is 1. The van der Waals surface area contributed by atoms with E-state index in [1.54, 1.807) is 12.1 Å². The van der Waals surface area contributed by atoms with E-state index in [-0.39, 0.29) is 16.6 Å². The summed E-state index contributed by atoms with van der Waals surface area (Å²) in [7, 11) is -2.22. The van der Waals surface area contributed by atoms with Crippen LogP contribution in [0.5, 0.6) is 5.75 Å². The van der Waals surface area contributed by atoms with E-state index in [2.05, 4.69) is 11.4 Å². The molecule has 0 radical (unpaired) electrons. The lowest BCUT2D eigenvalue weighted by molar-refractivity contribution is 0.0953. The van der Waals surface area contributed by atoms with Gasteiger partial charge in [-0.3, -0.25) is 4.79 Å². The van der Waals surface area contributed by atoms with Crippen molar-refractivity contribution in [2.75, 3.05) is 26.7 Å². The molecule has 1 fully saturated rings. The number of amides is 1. The van der Waals surface area contributed by atoms with E-state index in [1.807, 2.05) is 0 Å². The van der Waals surface area contributed by atoms with Crippen LogP contribution in [-0.2, 0) is 10.0 Å². The van der Waals surface area contributed by atoms with Gasteiger partial charge in [0.1, 0.15) is 10.6 Å². The maximum absolute atomic E-state index is 12.9. The van der Waals surface area contributed by atoms with Gasteiger partial charge in [-0.05, 0) is 63.1 Å². The van der Waals surface area contributed by atoms with Gasteiger partial charge in [0.25, 0.3) is 5.91 Å². The molecule has 148 valence electrons. The second kappa shape index (κ2) is 8.89. The minimum absolute atomic E-state index is 0.0644. The molecule has 0 spiro atoms. The minimum Gasteiger partial charge on any atom is -0.495 e. The lowest BCUT2D eigenvalue weighted by atomic mass is 9.97. The maximum Gasteiger partial charge on any atom is 0.251 e. The fraction of sp³-hybridized carbons (Fsp3) is 0.550. The van der Waals surface area contributed by atoms with Crippen molar-refractivity contribution in [3.8, 4) is 5.75 Å². The smallest absolute Gasteiger partial charge is 0.251 e. The van der Waals surface area contributed by atoms with Crippen molar-refractivity contribution in [3.63, 3.8) is 0 Å². The van der Waals surface area contributed by atoms with Crippen LogP contribution in [0, 0.1) is 0 Å². The zero-order chi connectivity index (χ0) is 19.3. The molecule has 1 aliphatic heterocycles. The number of hydrogen-bond acceptors (Lipinski definition) is 4. The van der Waals surface area contributed by atoms with E-state index in [9.17, 15) is 13.2 Å². The molecule has 2 aliphatic rings. The Morgan fingerprint density at radius 2 is 1.96 bits per heavy atom. The fourth-order valence-electron chi connectivity index (χ4n) is 3.66. The first-order valence-electron chi connectivity index (χ1n) is 9.66. The molecule has 1 heterocycles. The molecule has 1 aliphatic carbocycles. The highest BCUT2D eigenvalue weighted by molar-refractivity contribution is 7.89. The molecule has 1 amide bonds. The number of nitrogens with one attached hydrogen (secondary N) is 1. The molecule has 1 aromatic rings. The Bertz CT molecular complexity index is 811. The highest BCUT2D eigenvalue weighted by Crippen LogP contribution is 2.30. The molecular formula is C20H28N2O4S. The quantitative estimate of drug-likeness (QED) is 0.724. The van der Waals surface area contributed by atoms with Gasteiger partial charge in [0, 0.05) is 25.2 Å². The predicted molar refractivity (Wildman–Crippen MR) is 104 cm³/mol. The molecule has 27 heavy (non-hydrogen) atoms. The van der Waals surface area contributed by atoms with Crippen LogP contribution < -0.4 is 10.1 Å². The number of methoxy groups -OCH3 is 1. The third-order valence-corrected chi connectivity index (χ3v) is 7.15. The predicted octanol–water partition coefficient (Wildman–Crippen LogP) is 3.10. The summed E-state index contributed by atoms with van der Waals surface area (Å²) >= 11 is 0. The Morgan fingerprint density at radius 3 is 2.63 bits per heavy atom. The van der Waals surface area contributed by atoms with E-state index in [1.165, 1.54) is 35.9 Å². The van der Waals surface area contributed by atoms with Crippen LogP contribution in [0.25, 0.3) is 0 Å². The van der Waals surface area contributed by atoms with Crippen molar-refractivity contribution < 1.29 is 17.9 Å². The van der Waals surface area contributed by atoms with Gasteiger partial charge in [-0.15, -0.1) is 0 Å². The van der Waals surface area contributed by atoms with Gasteiger partial charge in [0.05, 0.1) is 7.11 Å². The summed E-state index contributed by atoms with van der Waals surface area (Å²) in [5, 5.41) is 2.90.